The predicted octanol–water partition coefficient (Wildman–Crippen LogP) is 4.50. The van der Waals surface area contributed by atoms with Crippen LogP contribution in [0.15, 0.2) is 0 Å². The molecule has 2 aromatic rings. The third kappa shape index (κ3) is 1.72. The molecule has 0 heterocycles. The molecule has 2 rings (SSSR count). The SMILES string of the molecule is CC(C)c1c(O)c(F)c(F)c2c(F)c(F)c(F)c(F)c12. The van der Waals surface area contributed by atoms with E-state index in [9.17, 15) is 31.4 Å². The van der Waals surface area contributed by atoms with Gasteiger partial charge in [-0.2, -0.15) is 4.39 Å². The quantitative estimate of drug-likeness (QED) is 0.466. The monoisotopic (exact) mass is 294 g/mol. The normalized spacial score (nSPS) is 11.7. The maximum absolute atomic E-state index is 13.8. The number of rotatable bonds is 1. The molecular weight excluding hydrogens is 286 g/mol. The topological polar surface area (TPSA) is 20.2 Å². The minimum absolute atomic E-state index is 0.533. The van der Waals surface area contributed by atoms with Crippen LogP contribution in [0.4, 0.5) is 26.3 Å². The molecule has 0 aliphatic rings. The van der Waals surface area contributed by atoms with Gasteiger partial charge in [0.05, 0.1) is 5.39 Å². The Bertz CT molecular complexity index is 715. The van der Waals surface area contributed by atoms with Gasteiger partial charge in [0.15, 0.2) is 34.8 Å². The van der Waals surface area contributed by atoms with Crippen LogP contribution in [0.5, 0.6) is 5.75 Å². The summed E-state index contributed by atoms with van der Waals surface area (Å²) in [6.07, 6.45) is 0. The highest BCUT2D eigenvalue weighted by Gasteiger charge is 2.30. The first-order chi connectivity index (χ1) is 9.20. The molecule has 0 amide bonds. The van der Waals surface area contributed by atoms with E-state index in [2.05, 4.69) is 0 Å². The van der Waals surface area contributed by atoms with E-state index in [1.54, 1.807) is 0 Å². The molecule has 1 nitrogen and oxygen atoms in total. The van der Waals surface area contributed by atoms with Gasteiger partial charge >= 0.3 is 0 Å². The molecule has 108 valence electrons. The number of fused-ring (bicyclic) bond motifs is 1. The summed E-state index contributed by atoms with van der Waals surface area (Å²) in [5, 5.41) is 7.13. The Balaban J connectivity index is 3.22. The van der Waals surface area contributed by atoms with Gasteiger partial charge in [0.25, 0.3) is 0 Å². The number of phenolic OH excluding ortho intramolecular Hbond substituents is 1. The summed E-state index contributed by atoms with van der Waals surface area (Å²) >= 11 is 0. The van der Waals surface area contributed by atoms with Gasteiger partial charge in [-0.1, -0.05) is 13.8 Å². The number of halogens is 6. The van der Waals surface area contributed by atoms with Crippen molar-refractivity contribution in [3.05, 3.63) is 40.5 Å². The zero-order valence-electron chi connectivity index (χ0n) is 10.3. The van der Waals surface area contributed by atoms with Crippen molar-refractivity contribution < 1.29 is 31.4 Å². The van der Waals surface area contributed by atoms with Crippen LogP contribution in [0.3, 0.4) is 0 Å². The van der Waals surface area contributed by atoms with E-state index in [0.29, 0.717) is 0 Å². The molecule has 0 fully saturated rings. The summed E-state index contributed by atoms with van der Waals surface area (Å²) in [5.41, 5.74) is -0.533. The highest BCUT2D eigenvalue weighted by molar-refractivity contribution is 5.90. The van der Waals surface area contributed by atoms with Crippen molar-refractivity contribution in [3.63, 3.8) is 0 Å². The molecule has 0 saturated carbocycles. The van der Waals surface area contributed by atoms with Gasteiger partial charge in [0.2, 0.25) is 5.82 Å². The Morgan fingerprint density at radius 2 is 1.05 bits per heavy atom. The molecule has 20 heavy (non-hydrogen) atoms. The van der Waals surface area contributed by atoms with E-state index < -0.39 is 62.9 Å². The largest absolute Gasteiger partial charge is 0.505 e. The van der Waals surface area contributed by atoms with Crippen LogP contribution in [-0.4, -0.2) is 5.11 Å². The number of aromatic hydroxyl groups is 1. The number of hydrogen-bond acceptors (Lipinski definition) is 1. The second kappa shape index (κ2) is 4.57. The zero-order valence-corrected chi connectivity index (χ0v) is 10.3. The first-order valence-electron chi connectivity index (χ1n) is 5.55. The van der Waals surface area contributed by atoms with E-state index in [1.165, 1.54) is 13.8 Å². The van der Waals surface area contributed by atoms with Gasteiger partial charge in [-0.05, 0) is 5.92 Å². The molecule has 0 atom stereocenters. The Morgan fingerprint density at radius 1 is 0.650 bits per heavy atom. The first kappa shape index (κ1) is 14.5. The maximum atomic E-state index is 13.8. The van der Waals surface area contributed by atoms with Gasteiger partial charge in [0, 0.05) is 10.9 Å². The molecule has 0 unspecified atom stereocenters. The second-order valence-corrected chi connectivity index (χ2v) is 4.55. The van der Waals surface area contributed by atoms with E-state index in [4.69, 9.17) is 0 Å². The van der Waals surface area contributed by atoms with Gasteiger partial charge < -0.3 is 5.11 Å². The summed E-state index contributed by atoms with van der Waals surface area (Å²) in [6.45, 7) is 2.73. The minimum Gasteiger partial charge on any atom is -0.505 e. The fourth-order valence-corrected chi connectivity index (χ4v) is 2.10. The molecule has 0 bridgehead atoms. The molecule has 0 aromatic heterocycles. The molecule has 0 aliphatic heterocycles. The molecule has 0 aliphatic carbocycles. The van der Waals surface area contributed by atoms with E-state index in [-0.39, 0.29) is 0 Å². The molecule has 0 radical (unpaired) electrons. The van der Waals surface area contributed by atoms with Crippen LogP contribution in [0.2, 0.25) is 0 Å². The van der Waals surface area contributed by atoms with E-state index in [0.717, 1.165) is 0 Å². The first-order valence-corrected chi connectivity index (χ1v) is 5.55. The second-order valence-electron chi connectivity index (χ2n) is 4.55. The smallest absolute Gasteiger partial charge is 0.201 e. The minimum atomic E-state index is -2.24. The average Bonchev–Trinajstić information content (AvgIpc) is 2.39. The van der Waals surface area contributed by atoms with Gasteiger partial charge in [-0.25, -0.2) is 22.0 Å². The lowest BCUT2D eigenvalue weighted by molar-refractivity contribution is 0.393. The predicted molar refractivity (Wildman–Crippen MR) is 59.4 cm³/mol. The summed E-state index contributed by atoms with van der Waals surface area (Å²) in [6, 6.07) is 0. The molecule has 1 N–H and O–H groups in total. The molecule has 0 spiro atoms. The lowest BCUT2D eigenvalue weighted by Gasteiger charge is -2.16. The number of hydrogen-bond donors (Lipinski definition) is 1. The highest BCUT2D eigenvalue weighted by atomic mass is 19.2. The molecule has 7 heteroatoms. The molecular formula is C13H8F6O. The van der Waals surface area contributed by atoms with Crippen molar-refractivity contribution in [2.45, 2.75) is 19.8 Å². The van der Waals surface area contributed by atoms with Crippen LogP contribution >= 0.6 is 0 Å². The van der Waals surface area contributed by atoms with Gasteiger partial charge in [0.1, 0.15) is 0 Å². The third-order valence-electron chi connectivity index (χ3n) is 2.99. The fraction of sp³-hybridized carbons (Fsp3) is 0.231. The standard InChI is InChI=1S/C13H8F6O/c1-3(2)4-5-6(9(16)12(19)13(4)20)8(15)11(18)10(17)7(5)14/h3,20H,1-2H3. The van der Waals surface area contributed by atoms with Crippen molar-refractivity contribution >= 4 is 10.8 Å². The fourth-order valence-electron chi connectivity index (χ4n) is 2.10. The Hall–Kier alpha value is -1.92. The lowest BCUT2D eigenvalue weighted by Crippen LogP contribution is -2.06. The summed E-state index contributed by atoms with van der Waals surface area (Å²) in [5.74, 6) is -14.2. The zero-order chi connectivity index (χ0) is 15.4. The van der Waals surface area contributed by atoms with Crippen molar-refractivity contribution in [3.8, 4) is 5.75 Å². The average molecular weight is 294 g/mol. The lowest BCUT2D eigenvalue weighted by atomic mass is 9.93. The van der Waals surface area contributed by atoms with Crippen molar-refractivity contribution in [2.24, 2.45) is 0 Å². The maximum Gasteiger partial charge on any atom is 0.201 e. The number of benzene rings is 2. The van der Waals surface area contributed by atoms with Crippen LogP contribution in [0, 0.1) is 34.9 Å². The highest BCUT2D eigenvalue weighted by Crippen LogP contribution is 2.41. The van der Waals surface area contributed by atoms with E-state index in [1.807, 2.05) is 0 Å². The van der Waals surface area contributed by atoms with Gasteiger partial charge in [-0.3, -0.25) is 0 Å². The van der Waals surface area contributed by atoms with Crippen molar-refractivity contribution in [1.82, 2.24) is 0 Å². The van der Waals surface area contributed by atoms with Crippen molar-refractivity contribution in [1.29, 1.82) is 0 Å². The van der Waals surface area contributed by atoms with Crippen LogP contribution in [0.25, 0.3) is 10.8 Å². The van der Waals surface area contributed by atoms with Crippen LogP contribution in [-0.2, 0) is 0 Å². The Morgan fingerprint density at radius 3 is 1.50 bits per heavy atom. The van der Waals surface area contributed by atoms with E-state index >= 15 is 0 Å². The van der Waals surface area contributed by atoms with Crippen LogP contribution in [0.1, 0.15) is 25.3 Å². The Kier molecular flexibility index (Phi) is 3.31. The third-order valence-corrected chi connectivity index (χ3v) is 2.99. The number of phenols is 1. The summed E-state index contributed by atoms with van der Waals surface area (Å²) < 4.78 is 80.8. The van der Waals surface area contributed by atoms with Crippen molar-refractivity contribution in [2.75, 3.05) is 0 Å². The van der Waals surface area contributed by atoms with Crippen LogP contribution < -0.4 is 0 Å². The molecule has 2 aromatic carbocycles. The Labute approximate surface area is 109 Å². The van der Waals surface area contributed by atoms with Gasteiger partial charge in [-0.15, -0.1) is 0 Å². The molecule has 0 saturated heterocycles. The summed E-state index contributed by atoms with van der Waals surface area (Å²) in [4.78, 5) is 0. The summed E-state index contributed by atoms with van der Waals surface area (Å²) in [7, 11) is 0.